The summed E-state index contributed by atoms with van der Waals surface area (Å²) in [5.41, 5.74) is 6.64. The summed E-state index contributed by atoms with van der Waals surface area (Å²) >= 11 is 0. The Labute approximate surface area is 135 Å². The maximum Gasteiger partial charge on any atom is 0.573 e. The number of carbonyl (C=O) groups is 1. The van der Waals surface area contributed by atoms with Gasteiger partial charge in [0.15, 0.2) is 12.0 Å². The summed E-state index contributed by atoms with van der Waals surface area (Å²) < 4.78 is 46.3. The van der Waals surface area contributed by atoms with Gasteiger partial charge < -0.3 is 15.2 Å². The largest absolute Gasteiger partial charge is 0.573 e. The van der Waals surface area contributed by atoms with Gasteiger partial charge in [0.2, 0.25) is 5.78 Å². The molecule has 1 aliphatic rings. The highest BCUT2D eigenvalue weighted by atomic mass is 19.4. The minimum atomic E-state index is -4.82. The van der Waals surface area contributed by atoms with Gasteiger partial charge in [0, 0.05) is 5.56 Å². The van der Waals surface area contributed by atoms with Crippen LogP contribution in [-0.2, 0) is 9.53 Å². The lowest BCUT2D eigenvalue weighted by molar-refractivity contribution is -0.274. The summed E-state index contributed by atoms with van der Waals surface area (Å²) in [5, 5.41) is 0. The zero-order valence-corrected chi connectivity index (χ0v) is 12.2. The first-order valence-electron chi connectivity index (χ1n) is 6.97. The first-order chi connectivity index (χ1) is 11.3. The smallest absolute Gasteiger partial charge is 0.462 e. The van der Waals surface area contributed by atoms with Crippen molar-refractivity contribution in [1.29, 1.82) is 0 Å². The van der Waals surface area contributed by atoms with Crippen molar-refractivity contribution in [2.45, 2.75) is 12.5 Å². The highest BCUT2D eigenvalue weighted by molar-refractivity contribution is 6.25. The number of hydrogen-bond donors (Lipinski definition) is 1. The molecular formula is C17H12F3NO3. The van der Waals surface area contributed by atoms with Crippen LogP contribution in [0.1, 0.15) is 17.2 Å². The van der Waals surface area contributed by atoms with Gasteiger partial charge >= 0.3 is 6.36 Å². The van der Waals surface area contributed by atoms with Crippen LogP contribution in [0, 0.1) is 0 Å². The second kappa shape index (κ2) is 5.92. The Kier molecular flexibility index (Phi) is 3.92. The van der Waals surface area contributed by atoms with E-state index in [1.807, 2.05) is 0 Å². The van der Waals surface area contributed by atoms with Gasteiger partial charge in [0.05, 0.1) is 5.57 Å². The maximum atomic E-state index is 12.6. The molecule has 4 nitrogen and oxygen atoms in total. The Morgan fingerprint density at radius 2 is 1.75 bits per heavy atom. The maximum absolute atomic E-state index is 12.6. The number of nitrogens with two attached hydrogens (primary N) is 1. The van der Waals surface area contributed by atoms with Crippen molar-refractivity contribution in [2.24, 2.45) is 5.73 Å². The number of benzene rings is 2. The number of Topliss-reactive ketones (excluding diaryl/α,β-unsaturated/α-hetero) is 1. The molecule has 0 aromatic heterocycles. The number of carbonyl (C=O) groups excluding carboxylic acids is 1. The Hall–Kier alpha value is -2.96. The van der Waals surface area contributed by atoms with Crippen LogP contribution in [0.15, 0.2) is 60.5 Å². The SMILES string of the molecule is NC1=C(c2cccc(OC(F)(F)F)c2)C(=O)C(c2ccccc2)O1. The van der Waals surface area contributed by atoms with Crippen LogP contribution < -0.4 is 10.5 Å². The van der Waals surface area contributed by atoms with E-state index in [-0.39, 0.29) is 17.0 Å². The van der Waals surface area contributed by atoms with E-state index in [0.717, 1.165) is 12.1 Å². The molecule has 1 unspecified atom stereocenters. The zero-order chi connectivity index (χ0) is 17.3. The van der Waals surface area contributed by atoms with Gasteiger partial charge in [-0.1, -0.05) is 42.5 Å². The molecular weight excluding hydrogens is 323 g/mol. The lowest BCUT2D eigenvalue weighted by atomic mass is 9.97. The molecule has 24 heavy (non-hydrogen) atoms. The van der Waals surface area contributed by atoms with Crippen molar-refractivity contribution < 1.29 is 27.4 Å². The molecule has 0 amide bonds. The second-order valence-electron chi connectivity index (χ2n) is 5.09. The van der Waals surface area contributed by atoms with E-state index in [1.165, 1.54) is 12.1 Å². The van der Waals surface area contributed by atoms with Crippen LogP contribution in [-0.4, -0.2) is 12.1 Å². The molecule has 0 fully saturated rings. The lowest BCUT2D eigenvalue weighted by Crippen LogP contribution is -2.17. The van der Waals surface area contributed by atoms with Crippen LogP contribution in [0.25, 0.3) is 5.57 Å². The molecule has 0 saturated heterocycles. The van der Waals surface area contributed by atoms with Crippen molar-refractivity contribution in [3.05, 3.63) is 71.6 Å². The van der Waals surface area contributed by atoms with E-state index >= 15 is 0 Å². The summed E-state index contributed by atoms with van der Waals surface area (Å²) in [6, 6.07) is 13.8. The minimum absolute atomic E-state index is 0.0384. The Morgan fingerprint density at radius 1 is 1.04 bits per heavy atom. The van der Waals surface area contributed by atoms with E-state index in [4.69, 9.17) is 10.5 Å². The first-order valence-corrected chi connectivity index (χ1v) is 6.97. The van der Waals surface area contributed by atoms with Gasteiger partial charge in [-0.05, 0) is 17.7 Å². The molecule has 2 N–H and O–H groups in total. The highest BCUT2D eigenvalue weighted by Gasteiger charge is 2.36. The van der Waals surface area contributed by atoms with Gasteiger partial charge in [-0.2, -0.15) is 0 Å². The summed E-state index contributed by atoms with van der Waals surface area (Å²) in [6.45, 7) is 0. The third-order valence-corrected chi connectivity index (χ3v) is 3.43. The molecule has 3 rings (SSSR count). The number of ether oxygens (including phenoxy) is 2. The van der Waals surface area contributed by atoms with Crippen LogP contribution in [0.3, 0.4) is 0 Å². The number of rotatable bonds is 3. The number of hydrogen-bond acceptors (Lipinski definition) is 4. The average molecular weight is 335 g/mol. The second-order valence-corrected chi connectivity index (χ2v) is 5.09. The first kappa shape index (κ1) is 15.9. The zero-order valence-electron chi connectivity index (χ0n) is 12.2. The molecule has 0 radical (unpaired) electrons. The fourth-order valence-electron chi connectivity index (χ4n) is 2.47. The molecule has 0 saturated carbocycles. The molecule has 0 bridgehead atoms. The lowest BCUT2D eigenvalue weighted by Gasteiger charge is -2.10. The fraction of sp³-hybridized carbons (Fsp3) is 0.118. The van der Waals surface area contributed by atoms with Gasteiger partial charge in [-0.15, -0.1) is 13.2 Å². The molecule has 1 heterocycles. The van der Waals surface area contributed by atoms with Crippen molar-refractivity contribution in [3.8, 4) is 5.75 Å². The van der Waals surface area contributed by atoms with Crippen LogP contribution in [0.4, 0.5) is 13.2 Å². The highest BCUT2D eigenvalue weighted by Crippen LogP contribution is 2.37. The fourth-order valence-corrected chi connectivity index (χ4v) is 2.47. The Balaban J connectivity index is 1.91. The third-order valence-electron chi connectivity index (χ3n) is 3.43. The monoisotopic (exact) mass is 335 g/mol. The number of alkyl halides is 3. The Morgan fingerprint density at radius 3 is 2.42 bits per heavy atom. The van der Waals surface area contributed by atoms with Crippen molar-refractivity contribution in [1.82, 2.24) is 0 Å². The third kappa shape index (κ3) is 3.19. The van der Waals surface area contributed by atoms with Gasteiger partial charge in [-0.25, -0.2) is 0 Å². The minimum Gasteiger partial charge on any atom is -0.462 e. The van der Waals surface area contributed by atoms with Gasteiger partial charge in [0.25, 0.3) is 0 Å². The van der Waals surface area contributed by atoms with Crippen LogP contribution in [0.2, 0.25) is 0 Å². The summed E-state index contributed by atoms with van der Waals surface area (Å²) in [7, 11) is 0. The van der Waals surface area contributed by atoms with Gasteiger partial charge in [0.1, 0.15) is 5.75 Å². The molecule has 2 aromatic rings. The van der Waals surface area contributed by atoms with Crippen molar-refractivity contribution >= 4 is 11.4 Å². The molecule has 7 heteroatoms. The Bertz CT molecular complexity index is 800. The van der Waals surface area contributed by atoms with Gasteiger partial charge in [-0.3, -0.25) is 4.79 Å². The summed E-state index contributed by atoms with van der Waals surface area (Å²) in [5.74, 6) is -0.975. The molecule has 2 aromatic carbocycles. The normalized spacial score (nSPS) is 17.8. The predicted molar refractivity (Wildman–Crippen MR) is 79.5 cm³/mol. The van der Waals surface area contributed by atoms with Crippen molar-refractivity contribution in [3.63, 3.8) is 0 Å². The molecule has 1 atom stereocenters. The van der Waals surface area contributed by atoms with Crippen LogP contribution >= 0.6 is 0 Å². The van der Waals surface area contributed by atoms with E-state index in [2.05, 4.69) is 4.74 Å². The average Bonchev–Trinajstić information content (AvgIpc) is 2.81. The standard InChI is InChI=1S/C17H12F3NO3/c18-17(19,20)24-12-8-4-7-11(9-12)13-14(22)15(23-16(13)21)10-5-2-1-3-6-10/h1-9,15H,21H2. The van der Waals surface area contributed by atoms with Crippen LogP contribution in [0.5, 0.6) is 5.75 Å². The van der Waals surface area contributed by atoms with E-state index in [9.17, 15) is 18.0 Å². The number of halogens is 3. The molecule has 1 aliphatic heterocycles. The summed E-state index contributed by atoms with van der Waals surface area (Å²) in [4.78, 5) is 12.6. The van der Waals surface area contributed by atoms with E-state index in [0.29, 0.717) is 5.56 Å². The van der Waals surface area contributed by atoms with Crippen molar-refractivity contribution in [2.75, 3.05) is 0 Å². The summed E-state index contributed by atoms with van der Waals surface area (Å²) in [6.07, 6.45) is -5.73. The molecule has 124 valence electrons. The quantitative estimate of drug-likeness (QED) is 0.932. The van der Waals surface area contributed by atoms with E-state index in [1.54, 1.807) is 30.3 Å². The topological polar surface area (TPSA) is 61.5 Å². The molecule has 0 aliphatic carbocycles. The predicted octanol–water partition coefficient (Wildman–Crippen LogP) is 3.55. The molecule has 0 spiro atoms. The number of ketones is 1. The van der Waals surface area contributed by atoms with E-state index < -0.39 is 24.0 Å².